The lowest BCUT2D eigenvalue weighted by atomic mass is 9.80. The van der Waals surface area contributed by atoms with Gasteiger partial charge in [-0.05, 0) is 33.7 Å². The Morgan fingerprint density at radius 3 is 2.65 bits per heavy atom. The minimum Gasteiger partial charge on any atom is -0.470 e. The van der Waals surface area contributed by atoms with Crippen molar-refractivity contribution in [3.8, 4) is 5.88 Å². The van der Waals surface area contributed by atoms with Crippen molar-refractivity contribution in [1.82, 2.24) is 4.98 Å². The summed E-state index contributed by atoms with van der Waals surface area (Å²) >= 11 is 0. The molecule has 0 atom stereocenters. The van der Waals surface area contributed by atoms with Crippen LogP contribution in [0.1, 0.15) is 38.7 Å². The Bertz CT molecular complexity index is 804. The first-order valence-electron chi connectivity index (χ1n) is 10.2. The van der Waals surface area contributed by atoms with E-state index in [1.165, 1.54) is 0 Å². The van der Waals surface area contributed by atoms with Crippen LogP contribution < -0.4 is 10.2 Å². The predicted molar refractivity (Wildman–Crippen MR) is 75.2 cm³/mol. The van der Waals surface area contributed by atoms with Crippen LogP contribution in [-0.2, 0) is 14.0 Å². The van der Waals surface area contributed by atoms with Crippen molar-refractivity contribution in [1.29, 1.82) is 0 Å². The quantitative estimate of drug-likeness (QED) is 0.780. The van der Waals surface area contributed by atoms with Crippen molar-refractivity contribution in [2.75, 3.05) is 13.1 Å². The van der Waals surface area contributed by atoms with Gasteiger partial charge in [-0.3, -0.25) is 0 Å². The fourth-order valence-electron chi connectivity index (χ4n) is 1.72. The fraction of sp³-hybridized carbons (Fsp3) is 0.643. The molecule has 0 aliphatic carbocycles. The zero-order valence-electron chi connectivity index (χ0n) is 19.7. The third-order valence-electron chi connectivity index (χ3n) is 3.62. The van der Waals surface area contributed by atoms with Crippen LogP contribution in [0.25, 0.3) is 0 Å². The monoisotopic (exact) mass is 285 g/mol. The largest absolute Gasteiger partial charge is 0.500 e. The van der Waals surface area contributed by atoms with Crippen molar-refractivity contribution >= 4 is 12.6 Å². The molecule has 0 unspecified atom stereocenters. The lowest BCUT2D eigenvalue weighted by Gasteiger charge is -2.32. The zero-order chi connectivity index (χ0) is 21.5. The van der Waals surface area contributed by atoms with Crippen LogP contribution in [0.3, 0.4) is 0 Å². The Hall–Kier alpha value is -1.11. The average Bonchev–Trinajstić information content (AvgIpc) is 2.71. The molecule has 1 aromatic rings. The van der Waals surface area contributed by atoms with Crippen LogP contribution >= 0.6 is 0 Å². The van der Waals surface area contributed by atoms with Gasteiger partial charge in [0.2, 0.25) is 5.88 Å². The highest BCUT2D eigenvalue weighted by atomic mass is 16.7. The number of hydrogen-bond donors (Lipinski definition) is 0. The average molecular weight is 285 g/mol. The molecule has 108 valence electrons. The van der Waals surface area contributed by atoms with Crippen molar-refractivity contribution in [2.24, 2.45) is 0 Å². The van der Waals surface area contributed by atoms with Crippen molar-refractivity contribution in [3.63, 3.8) is 0 Å². The minimum atomic E-state index is -2.85. The highest BCUT2D eigenvalue weighted by Crippen LogP contribution is 2.37. The molecule has 1 aromatic heterocycles. The molecule has 2 saturated heterocycles. The predicted octanol–water partition coefficient (Wildman–Crippen LogP) is 1.16. The SMILES string of the molecule is [2H]c1nc(OC2([2H])C([2H])([2H])OC2([2H])[2H])c(B2OC(C)(C)C(C)(C)O2)c([2H])c1[2H]. The Balaban J connectivity index is 2.11. The molecule has 0 N–H and O–H groups in total. The van der Waals surface area contributed by atoms with Gasteiger partial charge in [0.15, 0.2) is 0 Å². The van der Waals surface area contributed by atoms with Gasteiger partial charge in [-0.1, -0.05) is 6.04 Å². The van der Waals surface area contributed by atoms with E-state index in [0.717, 1.165) is 0 Å². The van der Waals surface area contributed by atoms with Crippen molar-refractivity contribution < 1.29 is 29.7 Å². The van der Waals surface area contributed by atoms with E-state index in [4.69, 9.17) is 25.0 Å². The Labute approximate surface area is 131 Å². The van der Waals surface area contributed by atoms with E-state index in [2.05, 4.69) is 9.72 Å². The number of pyridine rings is 1. The van der Waals surface area contributed by atoms with Crippen LogP contribution in [0.2, 0.25) is 0 Å². The fourth-order valence-corrected chi connectivity index (χ4v) is 1.72. The second kappa shape index (κ2) is 4.72. The molecule has 0 spiro atoms. The summed E-state index contributed by atoms with van der Waals surface area (Å²) in [7, 11) is -1.24. The molecule has 6 heteroatoms. The van der Waals surface area contributed by atoms with Gasteiger partial charge in [0.25, 0.3) is 0 Å². The lowest BCUT2D eigenvalue weighted by molar-refractivity contribution is -0.0809. The maximum absolute atomic E-state index is 8.21. The van der Waals surface area contributed by atoms with Gasteiger partial charge in [-0.2, -0.15) is 0 Å². The second-order valence-electron chi connectivity index (χ2n) is 5.52. The first-order valence-corrected chi connectivity index (χ1v) is 6.18. The van der Waals surface area contributed by atoms with Crippen LogP contribution in [0.15, 0.2) is 18.3 Å². The van der Waals surface area contributed by atoms with E-state index in [1.807, 2.05) is 0 Å². The number of aromatic nitrogens is 1. The van der Waals surface area contributed by atoms with Crippen LogP contribution in [0.5, 0.6) is 5.88 Å². The normalized spacial score (nSPS) is 36.9. The van der Waals surface area contributed by atoms with E-state index >= 15 is 0 Å². The molecule has 0 radical (unpaired) electrons. The highest BCUT2D eigenvalue weighted by molar-refractivity contribution is 6.63. The number of nitrogens with zero attached hydrogens (tertiary/aromatic N) is 1. The first kappa shape index (κ1) is 7.25. The van der Waals surface area contributed by atoms with Gasteiger partial charge in [-0.25, -0.2) is 4.98 Å². The molecule has 2 aliphatic rings. The van der Waals surface area contributed by atoms with Crippen molar-refractivity contribution in [2.45, 2.75) is 45.0 Å². The zero-order valence-corrected chi connectivity index (χ0v) is 11.7. The summed E-state index contributed by atoms with van der Waals surface area (Å²) in [5.41, 5.74) is -1.85. The molecule has 2 aliphatic heterocycles. The van der Waals surface area contributed by atoms with Gasteiger partial charge in [-0.15, -0.1) is 0 Å². The molecule has 0 bridgehead atoms. The molecule has 3 heterocycles. The van der Waals surface area contributed by atoms with Crippen LogP contribution in [0.4, 0.5) is 0 Å². The molecule has 0 aromatic carbocycles. The van der Waals surface area contributed by atoms with E-state index in [9.17, 15) is 0 Å². The summed E-state index contributed by atoms with van der Waals surface area (Å²) in [4.78, 5) is 3.74. The van der Waals surface area contributed by atoms with Gasteiger partial charge in [0.1, 0.15) is 6.08 Å². The molecule has 2 fully saturated rings. The molecule has 3 rings (SSSR count). The van der Waals surface area contributed by atoms with Crippen molar-refractivity contribution in [3.05, 3.63) is 18.3 Å². The van der Waals surface area contributed by atoms with Gasteiger partial charge in [0, 0.05) is 11.6 Å². The standard InChI is InChI=1S/C14H20BNO4/c1-13(2)14(3,4)20-15(19-13)11-6-5-7-16-12(11)18-10-8-17-9-10/h5-7,10H,8-9H2,1-4H3/i5D,6D,7D,8D2,9D2,10D. The maximum Gasteiger partial charge on any atom is 0.500 e. The highest BCUT2D eigenvalue weighted by Gasteiger charge is 2.52. The van der Waals surface area contributed by atoms with E-state index < -0.39 is 61.7 Å². The van der Waals surface area contributed by atoms with E-state index in [1.54, 1.807) is 27.7 Å². The Morgan fingerprint density at radius 2 is 2.05 bits per heavy atom. The molecule has 0 saturated carbocycles. The molecular formula is C14H20BNO4. The third-order valence-corrected chi connectivity index (χ3v) is 3.62. The third kappa shape index (κ3) is 2.32. The maximum atomic E-state index is 8.21. The summed E-state index contributed by atoms with van der Waals surface area (Å²) in [6, 6.07) is -1.04. The second-order valence-corrected chi connectivity index (χ2v) is 5.52. The molecule has 20 heavy (non-hydrogen) atoms. The smallest absolute Gasteiger partial charge is 0.470 e. The topological polar surface area (TPSA) is 49.8 Å². The summed E-state index contributed by atoms with van der Waals surface area (Å²) < 4.78 is 84.0. The number of ether oxygens (including phenoxy) is 2. The van der Waals surface area contributed by atoms with Gasteiger partial charge in [0.05, 0.1) is 35.3 Å². The molecule has 0 amide bonds. The van der Waals surface area contributed by atoms with Crippen LogP contribution in [0, 0.1) is 0 Å². The van der Waals surface area contributed by atoms with E-state index in [0.29, 0.717) is 0 Å². The van der Waals surface area contributed by atoms with Gasteiger partial charge >= 0.3 is 7.12 Å². The minimum absolute atomic E-state index is 0.218. The van der Waals surface area contributed by atoms with Gasteiger partial charge < -0.3 is 18.8 Å². The Morgan fingerprint density at radius 1 is 1.40 bits per heavy atom. The number of hydrogen-bond acceptors (Lipinski definition) is 5. The lowest BCUT2D eigenvalue weighted by Crippen LogP contribution is -2.42. The first-order chi connectivity index (χ1) is 12.5. The Kier molecular flexibility index (Phi) is 1.71. The summed E-state index contributed by atoms with van der Waals surface area (Å²) in [5.74, 6) is -0.587. The number of rotatable bonds is 3. The summed E-state index contributed by atoms with van der Waals surface area (Å²) in [6.45, 7) is 1.41. The summed E-state index contributed by atoms with van der Waals surface area (Å²) in [5, 5.41) is 0. The van der Waals surface area contributed by atoms with Crippen LogP contribution in [-0.4, -0.2) is 42.5 Å². The molecule has 5 nitrogen and oxygen atoms in total. The molecular weight excluding hydrogens is 257 g/mol. The summed E-state index contributed by atoms with van der Waals surface area (Å²) in [6.07, 6.45) is -3.50. The van der Waals surface area contributed by atoms with E-state index in [-0.39, 0.29) is 5.46 Å².